The zero-order chi connectivity index (χ0) is 9.42. The second kappa shape index (κ2) is 2.67. The van der Waals surface area contributed by atoms with Crippen molar-refractivity contribution in [3.05, 3.63) is 29.3 Å². The first kappa shape index (κ1) is 7.94. The summed E-state index contributed by atoms with van der Waals surface area (Å²) in [6, 6.07) is 4.80. The third-order valence-corrected chi connectivity index (χ3v) is 1.97. The van der Waals surface area contributed by atoms with Crippen LogP contribution in [0.25, 0.3) is 0 Å². The van der Waals surface area contributed by atoms with Gasteiger partial charge in [-0.05, 0) is 17.7 Å². The molecule has 1 heterocycles. The van der Waals surface area contributed by atoms with Gasteiger partial charge in [-0.15, -0.1) is 0 Å². The monoisotopic (exact) mass is 177 g/mol. The molecule has 0 saturated carbocycles. The van der Waals surface area contributed by atoms with Crippen molar-refractivity contribution in [1.29, 1.82) is 0 Å². The van der Waals surface area contributed by atoms with Gasteiger partial charge >= 0.3 is 0 Å². The van der Waals surface area contributed by atoms with Gasteiger partial charge < -0.3 is 10.4 Å². The van der Waals surface area contributed by atoms with Crippen LogP contribution in [0.5, 0.6) is 0 Å². The Balaban J connectivity index is 2.54. The summed E-state index contributed by atoms with van der Waals surface area (Å²) in [4.78, 5) is 22.1. The molecule has 0 fully saturated rings. The van der Waals surface area contributed by atoms with Crippen molar-refractivity contribution in [1.82, 2.24) is 0 Å². The summed E-state index contributed by atoms with van der Waals surface area (Å²) in [5.41, 5.74) is 1.49. The molecule has 0 atom stereocenters. The molecule has 0 spiro atoms. The van der Waals surface area contributed by atoms with Crippen LogP contribution in [0, 0.1) is 0 Å². The molecule has 1 aliphatic heterocycles. The fourth-order valence-corrected chi connectivity index (χ4v) is 1.29. The van der Waals surface area contributed by atoms with Gasteiger partial charge in [0.05, 0.1) is 17.9 Å². The van der Waals surface area contributed by atoms with Gasteiger partial charge in [0.1, 0.15) is 0 Å². The molecule has 1 aromatic rings. The van der Waals surface area contributed by atoms with Crippen LogP contribution < -0.4 is 5.32 Å². The average Bonchev–Trinajstić information content (AvgIpc) is 2.43. The lowest BCUT2D eigenvalue weighted by Crippen LogP contribution is -2.12. The van der Waals surface area contributed by atoms with E-state index in [4.69, 9.17) is 5.11 Å². The van der Waals surface area contributed by atoms with E-state index in [1.807, 2.05) is 0 Å². The van der Waals surface area contributed by atoms with Gasteiger partial charge in [0.15, 0.2) is 0 Å². The highest BCUT2D eigenvalue weighted by Crippen LogP contribution is 2.23. The number of aliphatic hydroxyl groups excluding tert-OH is 1. The molecule has 13 heavy (non-hydrogen) atoms. The standard InChI is InChI=1S/C9H7NO3/c11-4-5-1-2-7-6(3-5)8(12)9(13)10-7/h1-3,11H,4H2,(H,10,12,13). The summed E-state index contributed by atoms with van der Waals surface area (Å²) < 4.78 is 0. The molecule has 2 rings (SSSR count). The number of carbonyl (C=O) groups excluding carboxylic acids is 2. The molecule has 1 aromatic carbocycles. The molecule has 2 N–H and O–H groups in total. The summed E-state index contributed by atoms with van der Waals surface area (Å²) in [7, 11) is 0. The van der Waals surface area contributed by atoms with Gasteiger partial charge in [0.2, 0.25) is 0 Å². The summed E-state index contributed by atoms with van der Waals surface area (Å²) in [5.74, 6) is -1.14. The van der Waals surface area contributed by atoms with Crippen LogP contribution in [0.4, 0.5) is 5.69 Å². The molecule has 0 aliphatic carbocycles. The molecule has 0 bridgehead atoms. The molecular weight excluding hydrogens is 170 g/mol. The third-order valence-electron chi connectivity index (χ3n) is 1.97. The van der Waals surface area contributed by atoms with Crippen LogP contribution in [0.2, 0.25) is 0 Å². The minimum atomic E-state index is -0.606. The third kappa shape index (κ3) is 1.11. The Morgan fingerprint density at radius 3 is 2.77 bits per heavy atom. The number of anilines is 1. The first-order chi connectivity index (χ1) is 6.22. The van der Waals surface area contributed by atoms with E-state index in [-0.39, 0.29) is 6.61 Å². The summed E-state index contributed by atoms with van der Waals surface area (Å²) in [5, 5.41) is 11.2. The Hall–Kier alpha value is -1.68. The number of hydrogen-bond donors (Lipinski definition) is 2. The Labute approximate surface area is 74.2 Å². The number of benzene rings is 1. The quantitative estimate of drug-likeness (QED) is 0.607. The summed E-state index contributed by atoms with van der Waals surface area (Å²) in [6.45, 7) is -0.130. The van der Waals surface area contributed by atoms with E-state index >= 15 is 0 Å². The number of carbonyl (C=O) groups is 2. The van der Waals surface area contributed by atoms with Crippen LogP contribution in [-0.2, 0) is 11.4 Å². The average molecular weight is 177 g/mol. The zero-order valence-electron chi connectivity index (χ0n) is 6.70. The van der Waals surface area contributed by atoms with Crippen molar-refractivity contribution in [3.63, 3.8) is 0 Å². The lowest BCUT2D eigenvalue weighted by Gasteiger charge is -1.98. The second-order valence-corrected chi connectivity index (χ2v) is 2.82. The second-order valence-electron chi connectivity index (χ2n) is 2.82. The fraction of sp³-hybridized carbons (Fsp3) is 0.111. The van der Waals surface area contributed by atoms with Crippen molar-refractivity contribution in [2.24, 2.45) is 0 Å². The predicted octanol–water partition coefficient (Wildman–Crippen LogP) is 0.314. The highest BCUT2D eigenvalue weighted by Gasteiger charge is 2.27. The van der Waals surface area contributed by atoms with Crippen molar-refractivity contribution in [3.8, 4) is 0 Å². The van der Waals surface area contributed by atoms with Crippen LogP contribution in [0.3, 0.4) is 0 Å². The highest BCUT2D eigenvalue weighted by molar-refractivity contribution is 6.51. The summed E-state index contributed by atoms with van der Waals surface area (Å²) in [6.07, 6.45) is 0. The van der Waals surface area contributed by atoms with E-state index in [1.54, 1.807) is 12.1 Å². The smallest absolute Gasteiger partial charge is 0.296 e. The minimum absolute atomic E-state index is 0.130. The number of aliphatic hydroxyl groups is 1. The topological polar surface area (TPSA) is 66.4 Å². The van der Waals surface area contributed by atoms with Crippen molar-refractivity contribution < 1.29 is 14.7 Å². The Bertz CT molecular complexity index is 398. The number of amides is 1. The van der Waals surface area contributed by atoms with E-state index in [2.05, 4.69) is 5.32 Å². The van der Waals surface area contributed by atoms with Gasteiger partial charge in [-0.1, -0.05) is 6.07 Å². The largest absolute Gasteiger partial charge is 0.392 e. The van der Waals surface area contributed by atoms with E-state index in [0.717, 1.165) is 0 Å². The first-order valence-electron chi connectivity index (χ1n) is 3.82. The number of hydrogen-bond acceptors (Lipinski definition) is 3. The Morgan fingerprint density at radius 2 is 2.08 bits per heavy atom. The maximum absolute atomic E-state index is 11.2. The number of fused-ring (bicyclic) bond motifs is 1. The molecule has 0 radical (unpaired) electrons. The fourth-order valence-electron chi connectivity index (χ4n) is 1.29. The molecule has 66 valence electrons. The van der Waals surface area contributed by atoms with Gasteiger partial charge in [-0.25, -0.2) is 0 Å². The number of ketones is 1. The maximum atomic E-state index is 11.2. The van der Waals surface area contributed by atoms with Crippen LogP contribution in [-0.4, -0.2) is 16.8 Å². The van der Waals surface area contributed by atoms with Crippen molar-refractivity contribution >= 4 is 17.4 Å². The van der Waals surface area contributed by atoms with Crippen LogP contribution >= 0.6 is 0 Å². The number of rotatable bonds is 1. The number of nitrogens with one attached hydrogen (secondary N) is 1. The van der Waals surface area contributed by atoms with E-state index < -0.39 is 11.7 Å². The van der Waals surface area contributed by atoms with Gasteiger partial charge in [-0.2, -0.15) is 0 Å². The molecule has 4 heteroatoms. The van der Waals surface area contributed by atoms with E-state index in [9.17, 15) is 9.59 Å². The molecule has 0 unspecified atom stereocenters. The minimum Gasteiger partial charge on any atom is -0.392 e. The SMILES string of the molecule is O=C1Nc2ccc(CO)cc2C1=O. The van der Waals surface area contributed by atoms with Crippen LogP contribution in [0.15, 0.2) is 18.2 Å². The first-order valence-corrected chi connectivity index (χ1v) is 3.82. The summed E-state index contributed by atoms with van der Waals surface area (Å²) >= 11 is 0. The Kier molecular flexibility index (Phi) is 1.63. The maximum Gasteiger partial charge on any atom is 0.296 e. The lowest BCUT2D eigenvalue weighted by molar-refractivity contribution is -0.112. The lowest BCUT2D eigenvalue weighted by atomic mass is 10.1. The zero-order valence-corrected chi connectivity index (χ0v) is 6.70. The molecule has 1 aliphatic rings. The van der Waals surface area contributed by atoms with Gasteiger partial charge in [-0.3, -0.25) is 9.59 Å². The van der Waals surface area contributed by atoms with Gasteiger partial charge in [0.25, 0.3) is 11.7 Å². The normalized spacial score (nSPS) is 14.2. The highest BCUT2D eigenvalue weighted by atomic mass is 16.3. The van der Waals surface area contributed by atoms with E-state index in [1.165, 1.54) is 6.07 Å². The molecular formula is C9H7NO3. The Morgan fingerprint density at radius 1 is 1.31 bits per heavy atom. The van der Waals surface area contributed by atoms with Crippen molar-refractivity contribution in [2.75, 3.05) is 5.32 Å². The van der Waals surface area contributed by atoms with E-state index in [0.29, 0.717) is 16.8 Å². The van der Waals surface area contributed by atoms with Crippen molar-refractivity contribution in [2.45, 2.75) is 6.61 Å². The molecule has 4 nitrogen and oxygen atoms in total. The molecule has 1 amide bonds. The predicted molar refractivity (Wildman–Crippen MR) is 45.3 cm³/mol. The van der Waals surface area contributed by atoms with Crippen LogP contribution in [0.1, 0.15) is 15.9 Å². The van der Waals surface area contributed by atoms with Gasteiger partial charge in [0, 0.05) is 0 Å². The molecule has 0 saturated heterocycles. The molecule has 0 aromatic heterocycles. The number of Topliss-reactive ketones (excluding diaryl/α,β-unsaturated/α-hetero) is 1.